The van der Waals surface area contributed by atoms with Crippen LogP contribution in [-0.4, -0.2) is 59.2 Å². The van der Waals surface area contributed by atoms with Crippen molar-refractivity contribution >= 4 is 16.7 Å². The van der Waals surface area contributed by atoms with Gasteiger partial charge in [0.05, 0.1) is 12.0 Å². The van der Waals surface area contributed by atoms with E-state index in [9.17, 15) is 10.2 Å². The Morgan fingerprint density at radius 3 is 2.76 bits per heavy atom. The van der Waals surface area contributed by atoms with E-state index in [1.54, 1.807) is 33.9 Å². The van der Waals surface area contributed by atoms with Gasteiger partial charge in [0.25, 0.3) is 0 Å². The van der Waals surface area contributed by atoms with Crippen LogP contribution in [0, 0.1) is 0 Å². The van der Waals surface area contributed by atoms with Crippen molar-refractivity contribution in [1.29, 1.82) is 0 Å². The third-order valence-corrected chi connectivity index (χ3v) is 3.89. The summed E-state index contributed by atoms with van der Waals surface area (Å²) in [6.45, 7) is -0.355. The van der Waals surface area contributed by atoms with E-state index in [2.05, 4.69) is 9.97 Å². The van der Waals surface area contributed by atoms with Gasteiger partial charge in [-0.2, -0.15) is 0 Å². The largest absolute Gasteiger partial charge is 0.394 e. The van der Waals surface area contributed by atoms with E-state index in [0.29, 0.717) is 5.65 Å². The van der Waals surface area contributed by atoms with Crippen molar-refractivity contribution in [3.63, 3.8) is 0 Å². The number of hydrogen-bond donors (Lipinski definition) is 3. The summed E-state index contributed by atoms with van der Waals surface area (Å²) >= 11 is 0. The van der Waals surface area contributed by atoms with Crippen LogP contribution in [0.2, 0.25) is 0 Å². The first-order valence-electron chi connectivity index (χ1n) is 6.61. The zero-order chi connectivity index (χ0) is 14.6. The molecule has 1 aliphatic heterocycles. The Bertz CT molecular complexity index is 798. The van der Waals surface area contributed by atoms with E-state index in [1.807, 2.05) is 6.07 Å². The van der Waals surface area contributed by atoms with Gasteiger partial charge in [0, 0.05) is 18.6 Å². The summed E-state index contributed by atoms with van der Waals surface area (Å²) in [7, 11) is 0. The zero-order valence-electron chi connectivity index (χ0n) is 10.9. The van der Waals surface area contributed by atoms with Gasteiger partial charge in [0.1, 0.15) is 35.9 Å². The molecule has 0 aromatic carbocycles. The number of aliphatic hydroxyl groups is 3. The molecule has 8 nitrogen and oxygen atoms in total. The normalized spacial score (nSPS) is 29.7. The molecule has 0 amide bonds. The number of hydrogen-bond acceptors (Lipinski definition) is 6. The summed E-state index contributed by atoms with van der Waals surface area (Å²) in [5.74, 6) is 0. The molecule has 0 bridgehead atoms. The lowest BCUT2D eigenvalue weighted by atomic mass is 10.1. The number of nitrogens with zero attached hydrogens (tertiary/aromatic N) is 4. The topological polar surface area (TPSA) is 105 Å². The molecule has 3 aromatic heterocycles. The van der Waals surface area contributed by atoms with Crippen LogP contribution in [0.25, 0.3) is 16.7 Å². The summed E-state index contributed by atoms with van der Waals surface area (Å²) in [6, 6.07) is 1.83. The van der Waals surface area contributed by atoms with Crippen molar-refractivity contribution in [3.05, 3.63) is 31.0 Å². The molecule has 4 atom stereocenters. The quantitative estimate of drug-likeness (QED) is 0.576. The molecule has 1 fully saturated rings. The molecule has 3 N–H and O–H groups in total. The van der Waals surface area contributed by atoms with Crippen molar-refractivity contribution in [1.82, 2.24) is 18.9 Å². The summed E-state index contributed by atoms with van der Waals surface area (Å²) in [4.78, 5) is 8.62. The molecule has 0 unspecified atom stereocenters. The Balaban J connectivity index is 1.84. The SMILES string of the molecule is OC[C@H]1O[C@@H](n2ccc3c2ncn2ccnc32)[C@H](O)[C@@H]1O. The molecular weight excluding hydrogens is 276 g/mol. The van der Waals surface area contributed by atoms with Crippen LogP contribution < -0.4 is 0 Å². The van der Waals surface area contributed by atoms with Gasteiger partial charge in [0.2, 0.25) is 0 Å². The summed E-state index contributed by atoms with van der Waals surface area (Å²) in [5.41, 5.74) is 1.36. The lowest BCUT2D eigenvalue weighted by molar-refractivity contribution is -0.0508. The van der Waals surface area contributed by atoms with Crippen LogP contribution in [0.4, 0.5) is 0 Å². The smallest absolute Gasteiger partial charge is 0.164 e. The predicted octanol–water partition coefficient (Wildman–Crippen LogP) is -0.705. The third kappa shape index (κ3) is 1.70. The average molecular weight is 290 g/mol. The van der Waals surface area contributed by atoms with Gasteiger partial charge in [-0.15, -0.1) is 0 Å². The maximum absolute atomic E-state index is 10.1. The van der Waals surface area contributed by atoms with Crippen LogP contribution >= 0.6 is 0 Å². The van der Waals surface area contributed by atoms with Gasteiger partial charge in [-0.1, -0.05) is 0 Å². The van der Waals surface area contributed by atoms with Gasteiger partial charge in [-0.05, 0) is 6.07 Å². The van der Waals surface area contributed by atoms with Gasteiger partial charge >= 0.3 is 0 Å². The van der Waals surface area contributed by atoms with Crippen molar-refractivity contribution < 1.29 is 20.1 Å². The van der Waals surface area contributed by atoms with E-state index in [4.69, 9.17) is 9.84 Å². The van der Waals surface area contributed by atoms with Crippen LogP contribution in [0.1, 0.15) is 6.23 Å². The van der Waals surface area contributed by atoms with E-state index in [-0.39, 0.29) is 6.61 Å². The summed E-state index contributed by atoms with van der Waals surface area (Å²) in [6.07, 6.45) is 2.97. The van der Waals surface area contributed by atoms with Gasteiger partial charge in [-0.3, -0.25) is 4.40 Å². The van der Waals surface area contributed by atoms with E-state index >= 15 is 0 Å². The number of imidazole rings is 1. The lowest BCUT2D eigenvalue weighted by Crippen LogP contribution is -2.33. The number of rotatable bonds is 2. The van der Waals surface area contributed by atoms with Crippen molar-refractivity contribution in [2.75, 3.05) is 6.61 Å². The van der Waals surface area contributed by atoms with Crippen LogP contribution in [-0.2, 0) is 4.74 Å². The second-order valence-electron chi connectivity index (χ2n) is 5.09. The minimum Gasteiger partial charge on any atom is -0.394 e. The highest BCUT2D eigenvalue weighted by Gasteiger charge is 2.43. The molecule has 0 spiro atoms. The number of aromatic nitrogens is 4. The predicted molar refractivity (Wildman–Crippen MR) is 71.5 cm³/mol. The van der Waals surface area contributed by atoms with Gasteiger partial charge < -0.3 is 24.6 Å². The average Bonchev–Trinajstić information content (AvgIpc) is 3.17. The van der Waals surface area contributed by atoms with Gasteiger partial charge in [0.15, 0.2) is 6.23 Å². The molecule has 4 rings (SSSR count). The van der Waals surface area contributed by atoms with Crippen LogP contribution in [0.5, 0.6) is 0 Å². The fourth-order valence-corrected chi connectivity index (χ4v) is 2.80. The first-order valence-corrected chi connectivity index (χ1v) is 6.61. The van der Waals surface area contributed by atoms with E-state index in [0.717, 1.165) is 11.0 Å². The highest BCUT2D eigenvalue weighted by molar-refractivity contribution is 5.89. The Hall–Kier alpha value is -2.00. The standard InChI is InChI=1S/C13H14N4O4/c18-5-8-9(19)10(20)13(21-8)17-3-1-7-11-14-2-4-16(11)6-15-12(7)17/h1-4,6,8-10,13,18-20H,5H2/t8-,9-,10-,13-/m1/s1. The van der Waals surface area contributed by atoms with Gasteiger partial charge in [-0.25, -0.2) is 9.97 Å². The highest BCUT2D eigenvalue weighted by atomic mass is 16.6. The molecule has 8 heteroatoms. The number of fused-ring (bicyclic) bond motifs is 3. The minimum absolute atomic E-state index is 0.355. The molecule has 4 heterocycles. The molecule has 0 saturated carbocycles. The van der Waals surface area contributed by atoms with Crippen LogP contribution in [0.15, 0.2) is 31.0 Å². The molecule has 3 aromatic rings. The Morgan fingerprint density at radius 1 is 1.14 bits per heavy atom. The molecule has 0 radical (unpaired) electrons. The molecule has 21 heavy (non-hydrogen) atoms. The zero-order valence-corrected chi connectivity index (χ0v) is 10.9. The van der Waals surface area contributed by atoms with Crippen LogP contribution in [0.3, 0.4) is 0 Å². The molecule has 1 saturated heterocycles. The Morgan fingerprint density at radius 2 is 2.00 bits per heavy atom. The van der Waals surface area contributed by atoms with Crippen molar-refractivity contribution in [2.45, 2.75) is 24.5 Å². The number of ether oxygens (including phenoxy) is 1. The second kappa shape index (κ2) is 4.50. The number of aliphatic hydroxyl groups excluding tert-OH is 3. The van der Waals surface area contributed by atoms with Crippen molar-refractivity contribution in [2.24, 2.45) is 0 Å². The second-order valence-corrected chi connectivity index (χ2v) is 5.09. The highest BCUT2D eigenvalue weighted by Crippen LogP contribution is 2.32. The Labute approximate surface area is 118 Å². The Kier molecular flexibility index (Phi) is 2.73. The maximum Gasteiger partial charge on any atom is 0.164 e. The summed E-state index contributed by atoms with van der Waals surface area (Å²) in [5, 5.41) is 29.9. The first kappa shape index (κ1) is 12.7. The maximum atomic E-state index is 10.1. The third-order valence-electron chi connectivity index (χ3n) is 3.89. The van der Waals surface area contributed by atoms with Crippen molar-refractivity contribution in [3.8, 4) is 0 Å². The molecular formula is C13H14N4O4. The monoisotopic (exact) mass is 290 g/mol. The molecule has 110 valence electrons. The lowest BCUT2D eigenvalue weighted by Gasteiger charge is -2.17. The fraction of sp³-hybridized carbons (Fsp3) is 0.385. The van der Waals surface area contributed by atoms with E-state index in [1.165, 1.54) is 0 Å². The first-order chi connectivity index (χ1) is 10.2. The molecule has 0 aliphatic carbocycles. The van der Waals surface area contributed by atoms with E-state index < -0.39 is 24.5 Å². The fourth-order valence-electron chi connectivity index (χ4n) is 2.80. The summed E-state index contributed by atoms with van der Waals surface area (Å²) < 4.78 is 8.97. The molecule has 1 aliphatic rings. The minimum atomic E-state index is -1.13.